The molecule has 5 rings (SSSR count). The number of aromatic nitrogens is 3. The molecule has 3 heterocycles. The molecule has 2 aromatic carbocycles. The third-order valence-corrected chi connectivity index (χ3v) is 5.92. The van der Waals surface area contributed by atoms with E-state index >= 15 is 0 Å². The van der Waals surface area contributed by atoms with Crippen molar-refractivity contribution < 1.29 is 4.74 Å². The molecule has 0 saturated carbocycles. The number of nitrogens with zero attached hydrogens (tertiary/aromatic N) is 5. The molecule has 0 bridgehead atoms. The molecule has 0 unspecified atom stereocenters. The largest absolute Gasteiger partial charge is 0.380 e. The Labute approximate surface area is 188 Å². The first kappa shape index (κ1) is 20.5. The maximum atomic E-state index is 5.28. The van der Waals surface area contributed by atoms with E-state index in [4.69, 9.17) is 9.84 Å². The van der Waals surface area contributed by atoms with Crippen molar-refractivity contribution in [2.75, 3.05) is 50.6 Å². The van der Waals surface area contributed by atoms with E-state index in [-0.39, 0.29) is 0 Å². The van der Waals surface area contributed by atoms with Crippen molar-refractivity contribution in [2.24, 2.45) is 0 Å². The molecular formula is C25H28N6O. The van der Waals surface area contributed by atoms with Crippen LogP contribution in [-0.4, -0.2) is 59.8 Å². The quantitative estimate of drug-likeness (QED) is 0.500. The van der Waals surface area contributed by atoms with Crippen molar-refractivity contribution in [3.05, 3.63) is 72.4 Å². The average Bonchev–Trinajstić information content (AvgIpc) is 3.24. The lowest BCUT2D eigenvalue weighted by atomic mass is 10.1. The molecule has 0 atom stereocenters. The molecule has 1 aliphatic rings. The van der Waals surface area contributed by atoms with Gasteiger partial charge in [0.1, 0.15) is 0 Å². The maximum absolute atomic E-state index is 5.28. The minimum atomic E-state index is 0.565. The molecule has 7 nitrogen and oxygen atoms in total. The SMILES string of the molecule is COCc1cccc(-c2ccc3cnc(Nc4ccc(N5CCN(C)CC5)cc4)nn23)c1. The number of anilines is 3. The molecule has 164 valence electrons. The first-order valence-electron chi connectivity index (χ1n) is 10.9. The van der Waals surface area contributed by atoms with E-state index in [0.717, 1.165) is 54.2 Å². The number of methoxy groups -OCH3 is 1. The van der Waals surface area contributed by atoms with Gasteiger partial charge in [-0.25, -0.2) is 9.50 Å². The molecule has 1 fully saturated rings. The highest BCUT2D eigenvalue weighted by molar-refractivity contribution is 5.67. The lowest BCUT2D eigenvalue weighted by Crippen LogP contribution is -2.44. The maximum Gasteiger partial charge on any atom is 0.245 e. The van der Waals surface area contributed by atoms with Crippen molar-refractivity contribution in [1.29, 1.82) is 0 Å². The average molecular weight is 429 g/mol. The Hall–Kier alpha value is -3.42. The summed E-state index contributed by atoms with van der Waals surface area (Å²) < 4.78 is 7.21. The standard InChI is InChI=1S/C25H28N6O/c1-29-12-14-30(15-13-29)22-8-6-21(7-9-22)27-25-26-17-23-10-11-24(31(23)28-25)20-5-3-4-19(16-20)18-32-2/h3-11,16-17H,12-15,18H2,1-2H3,(H,27,28). The third kappa shape index (κ3) is 4.30. The van der Waals surface area contributed by atoms with Gasteiger partial charge in [-0.1, -0.05) is 18.2 Å². The van der Waals surface area contributed by atoms with Crippen LogP contribution in [0.15, 0.2) is 66.9 Å². The van der Waals surface area contributed by atoms with E-state index in [1.165, 1.54) is 5.69 Å². The zero-order valence-electron chi connectivity index (χ0n) is 18.5. The van der Waals surface area contributed by atoms with Crippen LogP contribution < -0.4 is 10.2 Å². The summed E-state index contributed by atoms with van der Waals surface area (Å²) in [6.45, 7) is 4.90. The van der Waals surface area contributed by atoms with Gasteiger partial charge in [0.25, 0.3) is 0 Å². The molecule has 1 saturated heterocycles. The second kappa shape index (κ2) is 8.98. The molecule has 0 amide bonds. The van der Waals surface area contributed by atoms with Gasteiger partial charge in [-0.15, -0.1) is 5.10 Å². The summed E-state index contributed by atoms with van der Waals surface area (Å²) in [6.07, 6.45) is 1.84. The Balaban J connectivity index is 1.36. The van der Waals surface area contributed by atoms with Gasteiger partial charge in [-0.3, -0.25) is 0 Å². The van der Waals surface area contributed by atoms with Crippen LogP contribution in [0.4, 0.5) is 17.3 Å². The minimum Gasteiger partial charge on any atom is -0.380 e. The lowest BCUT2D eigenvalue weighted by molar-refractivity contribution is 0.185. The van der Waals surface area contributed by atoms with Gasteiger partial charge in [0.15, 0.2) is 0 Å². The van der Waals surface area contributed by atoms with Gasteiger partial charge in [0.2, 0.25) is 5.95 Å². The molecule has 2 aromatic heterocycles. The van der Waals surface area contributed by atoms with Crippen LogP contribution >= 0.6 is 0 Å². The van der Waals surface area contributed by atoms with E-state index in [0.29, 0.717) is 12.6 Å². The van der Waals surface area contributed by atoms with Crippen LogP contribution in [0.3, 0.4) is 0 Å². The monoisotopic (exact) mass is 428 g/mol. The summed E-state index contributed by atoms with van der Waals surface area (Å²) in [7, 11) is 3.88. The van der Waals surface area contributed by atoms with E-state index < -0.39 is 0 Å². The minimum absolute atomic E-state index is 0.565. The first-order valence-corrected chi connectivity index (χ1v) is 10.9. The smallest absolute Gasteiger partial charge is 0.245 e. The van der Waals surface area contributed by atoms with Crippen molar-refractivity contribution in [1.82, 2.24) is 19.5 Å². The van der Waals surface area contributed by atoms with Gasteiger partial charge < -0.3 is 19.9 Å². The highest BCUT2D eigenvalue weighted by atomic mass is 16.5. The van der Waals surface area contributed by atoms with Crippen LogP contribution in [0.25, 0.3) is 16.8 Å². The summed E-state index contributed by atoms with van der Waals surface area (Å²) in [5.41, 5.74) is 6.43. The summed E-state index contributed by atoms with van der Waals surface area (Å²) in [5, 5.41) is 8.09. The molecular weight excluding hydrogens is 400 g/mol. The van der Waals surface area contributed by atoms with Gasteiger partial charge in [0, 0.05) is 50.2 Å². The van der Waals surface area contributed by atoms with Gasteiger partial charge in [-0.05, 0) is 55.1 Å². The Morgan fingerprint density at radius 3 is 2.56 bits per heavy atom. The second-order valence-electron chi connectivity index (χ2n) is 8.23. The number of hydrogen-bond donors (Lipinski definition) is 1. The number of rotatable bonds is 6. The number of benzene rings is 2. The highest BCUT2D eigenvalue weighted by Gasteiger charge is 2.14. The fraction of sp³-hybridized carbons (Fsp3) is 0.280. The van der Waals surface area contributed by atoms with Gasteiger partial charge >= 0.3 is 0 Å². The lowest BCUT2D eigenvalue weighted by Gasteiger charge is -2.34. The molecule has 0 aliphatic carbocycles. The third-order valence-electron chi connectivity index (χ3n) is 5.92. The molecule has 1 aliphatic heterocycles. The summed E-state index contributed by atoms with van der Waals surface area (Å²) in [4.78, 5) is 9.29. The van der Waals surface area contributed by atoms with Crippen molar-refractivity contribution in [3.8, 4) is 11.3 Å². The van der Waals surface area contributed by atoms with Crippen LogP contribution in [0, 0.1) is 0 Å². The Kier molecular flexibility index (Phi) is 5.75. The second-order valence-corrected chi connectivity index (χ2v) is 8.23. The van der Waals surface area contributed by atoms with Crippen LogP contribution in [0.1, 0.15) is 5.56 Å². The molecule has 7 heteroatoms. The number of fused-ring (bicyclic) bond motifs is 1. The van der Waals surface area contributed by atoms with Gasteiger partial charge in [-0.2, -0.15) is 0 Å². The first-order chi connectivity index (χ1) is 15.7. The Morgan fingerprint density at radius 1 is 0.969 bits per heavy atom. The number of nitrogens with one attached hydrogen (secondary N) is 1. The van der Waals surface area contributed by atoms with Crippen LogP contribution in [0.5, 0.6) is 0 Å². The molecule has 0 spiro atoms. The number of likely N-dealkylation sites (N-methyl/N-ethyl adjacent to an activating group) is 1. The molecule has 0 radical (unpaired) electrons. The Bertz CT molecular complexity index is 1190. The number of ether oxygens (including phenoxy) is 1. The van der Waals surface area contributed by atoms with E-state index in [9.17, 15) is 0 Å². The number of piperazine rings is 1. The predicted molar refractivity (Wildman–Crippen MR) is 129 cm³/mol. The fourth-order valence-corrected chi connectivity index (χ4v) is 4.11. The van der Waals surface area contributed by atoms with E-state index in [2.05, 4.69) is 75.7 Å². The van der Waals surface area contributed by atoms with Crippen molar-refractivity contribution in [2.45, 2.75) is 6.61 Å². The normalized spacial score (nSPS) is 14.8. The van der Waals surface area contributed by atoms with Crippen LogP contribution in [-0.2, 0) is 11.3 Å². The molecule has 32 heavy (non-hydrogen) atoms. The zero-order chi connectivity index (χ0) is 21.9. The Morgan fingerprint density at radius 2 is 1.78 bits per heavy atom. The summed E-state index contributed by atoms with van der Waals surface area (Å²) >= 11 is 0. The topological polar surface area (TPSA) is 57.9 Å². The fourth-order valence-electron chi connectivity index (χ4n) is 4.11. The van der Waals surface area contributed by atoms with E-state index in [1.807, 2.05) is 22.8 Å². The number of hydrogen-bond acceptors (Lipinski definition) is 6. The van der Waals surface area contributed by atoms with Gasteiger partial charge in [0.05, 0.1) is 24.0 Å². The molecule has 1 N–H and O–H groups in total. The predicted octanol–water partition coefficient (Wildman–Crippen LogP) is 4.04. The highest BCUT2D eigenvalue weighted by Crippen LogP contribution is 2.25. The van der Waals surface area contributed by atoms with Crippen LogP contribution in [0.2, 0.25) is 0 Å². The molecule has 4 aromatic rings. The van der Waals surface area contributed by atoms with E-state index in [1.54, 1.807) is 7.11 Å². The summed E-state index contributed by atoms with van der Waals surface area (Å²) in [6, 6.07) is 20.9. The zero-order valence-corrected chi connectivity index (χ0v) is 18.5. The van der Waals surface area contributed by atoms with Crippen molar-refractivity contribution in [3.63, 3.8) is 0 Å². The summed E-state index contributed by atoms with van der Waals surface area (Å²) in [5.74, 6) is 0.565. The van der Waals surface area contributed by atoms with Crippen molar-refractivity contribution >= 4 is 22.8 Å².